The monoisotopic (exact) mass is 694 g/mol. The Morgan fingerprint density at radius 2 is 2.09 bits per heavy atom. The third-order valence-corrected chi connectivity index (χ3v) is 8.33. The number of aromatic nitrogens is 5. The number of rotatable bonds is 7. The summed E-state index contributed by atoms with van der Waals surface area (Å²) in [7, 11) is 1.70. The van der Waals surface area contributed by atoms with Gasteiger partial charge in [-0.05, 0) is 6.42 Å². The third-order valence-electron chi connectivity index (χ3n) is 6.72. The molecule has 1 aliphatic carbocycles. The van der Waals surface area contributed by atoms with Crippen LogP contribution in [0.3, 0.4) is 0 Å². The molecule has 13 heteroatoms. The molecule has 1 saturated carbocycles. The van der Waals surface area contributed by atoms with Crippen LogP contribution in [0, 0.1) is 5.82 Å². The minimum Gasteiger partial charge on any atom is 0.0283 e. The number of ether oxygens (including phenoxy) is 1. The maximum Gasteiger partial charge on any atom is 0.0283 e. The second-order valence-corrected chi connectivity index (χ2v) is 11.4. The van der Waals surface area contributed by atoms with Crippen molar-refractivity contribution in [1.82, 2.24) is 32.8 Å². The van der Waals surface area contributed by atoms with Gasteiger partial charge in [0.2, 0.25) is 0 Å². The summed E-state index contributed by atoms with van der Waals surface area (Å²) in [4.78, 5) is 15.0. The molecule has 3 aromatic rings. The van der Waals surface area contributed by atoms with Crippen molar-refractivity contribution in [1.29, 1.82) is 0 Å². The summed E-state index contributed by atoms with van der Waals surface area (Å²) in [5.74, 6) is -0.0404. The quantitative estimate of drug-likeness (QED) is 0.253. The molecule has 3 N–H and O–H groups in total. The maximum absolute atomic E-state index is 14.7. The van der Waals surface area contributed by atoms with E-state index in [2.05, 4.69) is 30.7 Å². The van der Waals surface area contributed by atoms with Crippen LogP contribution in [0.2, 0.25) is 5.02 Å². The normalized spacial score (nSPS) is 24.1. The summed E-state index contributed by atoms with van der Waals surface area (Å²) >= 11 is 6.54. The van der Waals surface area contributed by atoms with Crippen LogP contribution in [-0.2, 0) is 4.74 Å². The van der Waals surface area contributed by atoms with Crippen molar-refractivity contribution in [3.05, 3.63) is 29.3 Å². The molecule has 3 aromatic heterocycles. The first-order chi connectivity index (χ1) is 16.9. The van der Waals surface area contributed by atoms with E-state index in [-0.39, 0.29) is 24.0 Å². The average Bonchev–Trinajstić information content (AvgIpc) is 3.45. The van der Waals surface area contributed by atoms with E-state index in [1.165, 1.54) is 6.20 Å². The van der Waals surface area contributed by atoms with Gasteiger partial charge in [0.25, 0.3) is 0 Å². The predicted octanol–water partition coefficient (Wildman–Crippen LogP) is 1.92. The first-order valence-corrected chi connectivity index (χ1v) is 14.1. The van der Waals surface area contributed by atoms with Crippen molar-refractivity contribution in [3.8, 4) is 11.5 Å². The van der Waals surface area contributed by atoms with E-state index >= 15 is 0 Å². The van der Waals surface area contributed by atoms with Gasteiger partial charge >= 0.3 is 177 Å². The van der Waals surface area contributed by atoms with Gasteiger partial charge in [0.15, 0.2) is 0 Å². The molecule has 1 saturated heterocycles. The third kappa shape index (κ3) is 5.59. The Kier molecular flexibility index (Phi) is 7.79. The fraction of sp³-hybridized carbons (Fsp3) is 0.545. The van der Waals surface area contributed by atoms with Gasteiger partial charge in [-0.2, -0.15) is 0 Å². The summed E-state index contributed by atoms with van der Waals surface area (Å²) in [5.41, 5.74) is 1.25. The Labute approximate surface area is 223 Å². The zero-order valence-corrected chi connectivity index (χ0v) is 24.6. The van der Waals surface area contributed by atoms with Crippen molar-refractivity contribution < 1.29 is 14.2 Å². The van der Waals surface area contributed by atoms with Crippen LogP contribution in [0.4, 0.5) is 10.2 Å². The van der Waals surface area contributed by atoms with Gasteiger partial charge in [-0.25, -0.2) is 0 Å². The molecule has 1 aliphatic heterocycles. The second-order valence-electron chi connectivity index (χ2n) is 9.09. The number of hydrogen-bond acceptors (Lipinski definition) is 9. The zero-order chi connectivity index (χ0) is 24.5. The molecule has 0 radical (unpaired) electrons. The Balaban J connectivity index is 1.28. The van der Waals surface area contributed by atoms with Gasteiger partial charge in [-0.1, -0.05) is 0 Å². The molecular weight excluding hydrogens is 667 g/mol. The minimum atomic E-state index is -0.719. The summed E-state index contributed by atoms with van der Waals surface area (Å²) in [6.07, 6.45) is 6.65. The van der Waals surface area contributed by atoms with Crippen molar-refractivity contribution in [3.63, 3.8) is 0 Å². The Morgan fingerprint density at radius 3 is 2.89 bits per heavy atom. The second kappa shape index (κ2) is 10.8. The number of aliphatic hydroxyl groups is 1. The van der Waals surface area contributed by atoms with Crippen molar-refractivity contribution in [2.75, 3.05) is 25.5 Å². The number of aliphatic hydroxyl groups excluding tert-OH is 1. The molecule has 0 spiro atoms. The summed E-state index contributed by atoms with van der Waals surface area (Å²) < 4.78 is 21.9. The maximum atomic E-state index is 14.7. The van der Waals surface area contributed by atoms with Gasteiger partial charge in [-0.3, -0.25) is 4.90 Å². The molecule has 4 atom stereocenters. The molecule has 0 aromatic carbocycles. The molecule has 2 aliphatic rings. The number of nitrogens with zero attached hydrogens (tertiary/aromatic N) is 6. The topological polar surface area (TPSA) is 113 Å². The first kappa shape index (κ1) is 25.1. The fourth-order valence-corrected chi connectivity index (χ4v) is 6.30. The Hall–Kier alpha value is -1.52. The molecule has 0 bridgehead atoms. The number of pyridine rings is 1. The Morgan fingerprint density at radius 1 is 1.26 bits per heavy atom. The van der Waals surface area contributed by atoms with Crippen molar-refractivity contribution in [2.45, 2.75) is 56.6 Å². The summed E-state index contributed by atoms with van der Waals surface area (Å²) in [5, 5.41) is 23.0. The molecule has 2 fully saturated rings. The van der Waals surface area contributed by atoms with Gasteiger partial charge in [0.05, 0.1) is 6.10 Å². The van der Waals surface area contributed by atoms with E-state index in [0.717, 1.165) is 44.0 Å². The van der Waals surface area contributed by atoms with Crippen molar-refractivity contribution in [2.24, 2.45) is 0 Å². The van der Waals surface area contributed by atoms with E-state index < -0.39 is 12.2 Å². The SMILES string of the molecule is COC1CCN(C(O)NC2CCCC(Nc3nc(-c4n[n]([Tl])c5ncc(Cl)cc45)ncc3F)C2)C1. The number of methoxy groups -OCH3 is 1. The van der Waals surface area contributed by atoms with Crippen LogP contribution < -0.4 is 10.6 Å². The molecule has 0 amide bonds. The molecular formula is C22H27ClFN8O2Tl. The summed E-state index contributed by atoms with van der Waals surface area (Å²) in [6, 6.07) is 1.91. The Bertz CT molecular complexity index is 1200. The van der Waals surface area contributed by atoms with Crippen LogP contribution in [-0.4, -0.2) is 103 Å². The fourth-order valence-electron chi connectivity index (χ4n) is 4.90. The van der Waals surface area contributed by atoms with E-state index in [0.29, 0.717) is 54.8 Å². The number of likely N-dealkylation sites (tertiary alicyclic amines) is 1. The molecule has 184 valence electrons. The number of anilines is 1. The van der Waals surface area contributed by atoms with E-state index in [1.54, 1.807) is 21.9 Å². The van der Waals surface area contributed by atoms with Crippen LogP contribution >= 0.6 is 11.6 Å². The van der Waals surface area contributed by atoms with E-state index in [4.69, 9.17) is 16.3 Å². The van der Waals surface area contributed by atoms with Gasteiger partial charge < -0.3 is 9.84 Å². The van der Waals surface area contributed by atoms with Crippen molar-refractivity contribution >= 4 is 54.5 Å². The van der Waals surface area contributed by atoms with Crippen LogP contribution in [0.25, 0.3) is 22.6 Å². The average molecular weight is 694 g/mol. The van der Waals surface area contributed by atoms with E-state index in [1.807, 2.05) is 4.90 Å². The smallest absolute Gasteiger partial charge is 0.0283 e. The minimum absolute atomic E-state index is 0.0153. The first-order valence-electron chi connectivity index (χ1n) is 11.7. The van der Waals surface area contributed by atoms with Crippen LogP contribution in [0.1, 0.15) is 32.1 Å². The number of halogens is 2. The number of hydrogen-bond donors (Lipinski definition) is 3. The standard InChI is InChI=1S/C22H27ClFN8O2.Tl/c1-34-15-5-6-32(11-15)22(33)28-14-4-2-3-13(8-14)27-20-17(24)10-26-21(29-20)18-16-7-12(23)9-25-19(16)31-30-18;/h7,9-10,13-15,22,28,33H,2-6,8,11H2,1H3,(H-,25,26,27,29,30,31);/q-1;+1. The van der Waals surface area contributed by atoms with Gasteiger partial charge in [-0.15, -0.1) is 0 Å². The predicted molar refractivity (Wildman–Crippen MR) is 130 cm³/mol. The van der Waals surface area contributed by atoms with Gasteiger partial charge in [0, 0.05) is 20.2 Å². The molecule has 4 unspecified atom stereocenters. The van der Waals surface area contributed by atoms with E-state index in [9.17, 15) is 9.50 Å². The van der Waals surface area contributed by atoms with Crippen LogP contribution in [0.15, 0.2) is 18.5 Å². The number of nitrogens with one attached hydrogen (secondary N) is 2. The number of fused-ring (bicyclic) bond motifs is 1. The largest absolute Gasteiger partial charge is 0.0283 e. The zero-order valence-electron chi connectivity index (χ0n) is 19.4. The molecule has 10 nitrogen and oxygen atoms in total. The summed E-state index contributed by atoms with van der Waals surface area (Å²) in [6.45, 7) is 1.50. The molecule has 35 heavy (non-hydrogen) atoms. The molecule has 5 rings (SSSR count). The van der Waals surface area contributed by atoms with Crippen LogP contribution in [0.5, 0.6) is 0 Å². The molecule has 4 heterocycles. The van der Waals surface area contributed by atoms with Gasteiger partial charge in [0.1, 0.15) is 0 Å².